The summed E-state index contributed by atoms with van der Waals surface area (Å²) in [6, 6.07) is 0.551. The monoisotopic (exact) mass is 543 g/mol. The third-order valence-electron chi connectivity index (χ3n) is 7.65. The predicted molar refractivity (Wildman–Crippen MR) is 137 cm³/mol. The van der Waals surface area contributed by atoms with E-state index in [1.807, 2.05) is 18.5 Å². The maximum atomic E-state index is 4.94. The summed E-state index contributed by atoms with van der Waals surface area (Å²) in [5.41, 5.74) is 0.304. The number of hydrogen-bond acceptors (Lipinski definition) is 4. The molecule has 3 aliphatic rings. The lowest BCUT2D eigenvalue weighted by Crippen LogP contribution is -2.59. The molecular weight excluding hydrogens is 501 g/mol. The van der Waals surface area contributed by atoms with Crippen LogP contribution in [0.1, 0.15) is 88.7 Å². The second-order valence-electron chi connectivity index (χ2n) is 9.70. The Balaban J connectivity index is 0.00000272. The van der Waals surface area contributed by atoms with Crippen LogP contribution in [0, 0.1) is 6.92 Å². The lowest BCUT2D eigenvalue weighted by atomic mass is 9.79. The number of halogens is 1. The SMILES string of the molecule is Cc1nnc(CN=C(NCC2(N3CCCCC3)CCCCC2)NC2CCCC2)n1C.I. The summed E-state index contributed by atoms with van der Waals surface area (Å²) in [5, 5.41) is 16.0. The van der Waals surface area contributed by atoms with Crippen molar-refractivity contribution in [3.05, 3.63) is 11.6 Å². The van der Waals surface area contributed by atoms with Crippen LogP contribution in [0.15, 0.2) is 4.99 Å². The molecule has 0 unspecified atom stereocenters. The lowest BCUT2D eigenvalue weighted by molar-refractivity contribution is 0.0368. The van der Waals surface area contributed by atoms with Gasteiger partial charge in [-0.2, -0.15) is 0 Å². The number of aryl methyl sites for hydroxylation is 1. The van der Waals surface area contributed by atoms with Gasteiger partial charge in [0, 0.05) is 25.2 Å². The van der Waals surface area contributed by atoms with E-state index in [-0.39, 0.29) is 24.0 Å². The summed E-state index contributed by atoms with van der Waals surface area (Å²) in [4.78, 5) is 7.75. The molecule has 176 valence electrons. The normalized spacial score (nSPS) is 22.8. The van der Waals surface area contributed by atoms with E-state index in [2.05, 4.69) is 25.7 Å². The number of guanidine groups is 1. The number of rotatable bonds is 6. The molecule has 4 rings (SSSR count). The van der Waals surface area contributed by atoms with E-state index in [1.54, 1.807) is 0 Å². The molecule has 1 aromatic heterocycles. The van der Waals surface area contributed by atoms with Gasteiger partial charge in [-0.25, -0.2) is 4.99 Å². The first-order valence-electron chi connectivity index (χ1n) is 12.3. The standard InChI is InChI=1S/C23H41N7.HI/c1-19-27-28-21(29(19)2)17-24-22(26-20-11-5-6-12-20)25-18-23(13-7-3-8-14-23)30-15-9-4-10-16-30;/h20H,3-18H2,1-2H3,(H2,24,25,26);1H. The van der Waals surface area contributed by atoms with E-state index in [0.29, 0.717) is 18.1 Å². The maximum absolute atomic E-state index is 4.94. The molecule has 2 N–H and O–H groups in total. The summed E-state index contributed by atoms with van der Waals surface area (Å²) in [6.45, 7) is 6.09. The van der Waals surface area contributed by atoms with Gasteiger partial charge in [0.1, 0.15) is 12.4 Å². The number of piperidine rings is 1. The van der Waals surface area contributed by atoms with Crippen LogP contribution in [0.3, 0.4) is 0 Å². The topological polar surface area (TPSA) is 70.4 Å². The molecule has 2 aliphatic carbocycles. The van der Waals surface area contributed by atoms with E-state index < -0.39 is 0 Å². The van der Waals surface area contributed by atoms with Crippen LogP contribution in [-0.2, 0) is 13.6 Å². The highest BCUT2D eigenvalue weighted by Crippen LogP contribution is 2.35. The Labute approximate surface area is 205 Å². The van der Waals surface area contributed by atoms with E-state index in [0.717, 1.165) is 24.2 Å². The van der Waals surface area contributed by atoms with Crippen molar-refractivity contribution in [3.8, 4) is 0 Å². The number of aliphatic imine (C=N–C) groups is 1. The second-order valence-corrected chi connectivity index (χ2v) is 9.70. The molecule has 0 atom stereocenters. The molecule has 8 heteroatoms. The van der Waals surface area contributed by atoms with Gasteiger partial charge in [0.25, 0.3) is 0 Å². The molecule has 0 radical (unpaired) electrons. The molecule has 2 heterocycles. The molecule has 2 saturated carbocycles. The number of nitrogens with one attached hydrogen (secondary N) is 2. The van der Waals surface area contributed by atoms with Crippen LogP contribution in [0.4, 0.5) is 0 Å². The summed E-state index contributed by atoms with van der Waals surface area (Å²) >= 11 is 0. The minimum absolute atomic E-state index is 0. The molecule has 0 amide bonds. The van der Waals surface area contributed by atoms with Gasteiger partial charge in [-0.1, -0.05) is 38.5 Å². The van der Waals surface area contributed by atoms with Crippen LogP contribution in [0.25, 0.3) is 0 Å². The largest absolute Gasteiger partial charge is 0.355 e. The van der Waals surface area contributed by atoms with Crippen molar-refractivity contribution in [2.45, 2.75) is 102 Å². The molecule has 1 aliphatic heterocycles. The first-order chi connectivity index (χ1) is 14.7. The van der Waals surface area contributed by atoms with Crippen LogP contribution in [0.2, 0.25) is 0 Å². The molecule has 0 aromatic carbocycles. The number of nitrogens with zero attached hydrogens (tertiary/aromatic N) is 5. The van der Waals surface area contributed by atoms with Crippen LogP contribution < -0.4 is 10.6 Å². The van der Waals surface area contributed by atoms with Crippen molar-refractivity contribution < 1.29 is 0 Å². The minimum atomic E-state index is 0. The molecule has 0 bridgehead atoms. The highest BCUT2D eigenvalue weighted by atomic mass is 127. The smallest absolute Gasteiger partial charge is 0.191 e. The third-order valence-corrected chi connectivity index (χ3v) is 7.65. The number of likely N-dealkylation sites (tertiary alicyclic amines) is 1. The van der Waals surface area contributed by atoms with E-state index in [9.17, 15) is 0 Å². The molecular formula is C23H42IN7. The molecule has 7 nitrogen and oxygen atoms in total. The summed E-state index contributed by atoms with van der Waals surface area (Å²) in [5.74, 6) is 2.82. The van der Waals surface area contributed by atoms with Gasteiger partial charge in [-0.05, 0) is 58.5 Å². The molecule has 31 heavy (non-hydrogen) atoms. The van der Waals surface area contributed by atoms with Crippen molar-refractivity contribution in [1.29, 1.82) is 0 Å². The molecule has 1 saturated heterocycles. The van der Waals surface area contributed by atoms with E-state index >= 15 is 0 Å². The lowest BCUT2D eigenvalue weighted by Gasteiger charge is -2.48. The van der Waals surface area contributed by atoms with Gasteiger partial charge in [-0.15, -0.1) is 34.2 Å². The van der Waals surface area contributed by atoms with Crippen LogP contribution in [0.5, 0.6) is 0 Å². The van der Waals surface area contributed by atoms with E-state index in [4.69, 9.17) is 4.99 Å². The Morgan fingerprint density at radius 2 is 1.68 bits per heavy atom. The highest BCUT2D eigenvalue weighted by Gasteiger charge is 2.38. The van der Waals surface area contributed by atoms with Gasteiger partial charge < -0.3 is 15.2 Å². The fourth-order valence-electron chi connectivity index (χ4n) is 5.59. The van der Waals surface area contributed by atoms with Crippen molar-refractivity contribution in [2.75, 3.05) is 19.6 Å². The minimum Gasteiger partial charge on any atom is -0.355 e. The maximum Gasteiger partial charge on any atom is 0.191 e. The van der Waals surface area contributed by atoms with Gasteiger partial charge in [0.2, 0.25) is 0 Å². The van der Waals surface area contributed by atoms with Gasteiger partial charge in [0.15, 0.2) is 11.8 Å². The Morgan fingerprint density at radius 1 is 1.00 bits per heavy atom. The summed E-state index contributed by atoms with van der Waals surface area (Å²) in [6.07, 6.45) is 16.0. The first-order valence-corrected chi connectivity index (χ1v) is 12.3. The first kappa shape index (κ1) is 24.7. The van der Waals surface area contributed by atoms with Crippen molar-refractivity contribution in [1.82, 2.24) is 30.3 Å². The van der Waals surface area contributed by atoms with Gasteiger partial charge in [-0.3, -0.25) is 4.90 Å². The van der Waals surface area contributed by atoms with Crippen LogP contribution >= 0.6 is 24.0 Å². The molecule has 1 aromatic rings. The zero-order valence-corrected chi connectivity index (χ0v) is 21.9. The van der Waals surface area contributed by atoms with Crippen molar-refractivity contribution in [2.24, 2.45) is 12.0 Å². The molecule has 0 spiro atoms. The number of aromatic nitrogens is 3. The summed E-state index contributed by atoms with van der Waals surface area (Å²) in [7, 11) is 2.02. The third kappa shape index (κ3) is 6.33. The Morgan fingerprint density at radius 3 is 2.32 bits per heavy atom. The average Bonchev–Trinajstić information content (AvgIpc) is 3.42. The van der Waals surface area contributed by atoms with Gasteiger partial charge in [0.05, 0.1) is 0 Å². The quantitative estimate of drug-likeness (QED) is 0.324. The van der Waals surface area contributed by atoms with Crippen molar-refractivity contribution >= 4 is 29.9 Å². The fourth-order valence-corrected chi connectivity index (χ4v) is 5.59. The Hall–Kier alpha value is -0.900. The molecule has 3 fully saturated rings. The Bertz CT molecular complexity index is 699. The summed E-state index contributed by atoms with van der Waals surface area (Å²) < 4.78 is 2.03. The fraction of sp³-hybridized carbons (Fsp3) is 0.870. The zero-order chi connectivity index (χ0) is 20.8. The Kier molecular flexibility index (Phi) is 9.43. The van der Waals surface area contributed by atoms with E-state index in [1.165, 1.54) is 90.1 Å². The number of hydrogen-bond donors (Lipinski definition) is 2. The predicted octanol–water partition coefficient (Wildman–Crippen LogP) is 3.91. The average molecular weight is 544 g/mol. The van der Waals surface area contributed by atoms with Crippen molar-refractivity contribution in [3.63, 3.8) is 0 Å². The zero-order valence-electron chi connectivity index (χ0n) is 19.5. The van der Waals surface area contributed by atoms with Crippen LogP contribution in [-0.4, -0.2) is 56.8 Å². The second kappa shape index (κ2) is 11.8. The van der Waals surface area contributed by atoms with Gasteiger partial charge >= 0.3 is 0 Å². The highest BCUT2D eigenvalue weighted by molar-refractivity contribution is 14.0.